The summed E-state index contributed by atoms with van der Waals surface area (Å²) in [6.07, 6.45) is 1.84. The Kier molecular flexibility index (Phi) is 3.82. The normalized spacial score (nSPS) is 10.4. The molecule has 0 saturated carbocycles. The van der Waals surface area contributed by atoms with Crippen LogP contribution in [-0.2, 0) is 13.1 Å². The van der Waals surface area contributed by atoms with Crippen molar-refractivity contribution < 1.29 is 0 Å². The molecule has 2 rings (SSSR count). The lowest BCUT2D eigenvalue weighted by atomic mass is 10.3. The van der Waals surface area contributed by atoms with Crippen LogP contribution in [0.4, 0.5) is 5.69 Å². The lowest BCUT2D eigenvalue weighted by molar-refractivity contribution is 0.627. The highest BCUT2D eigenvalue weighted by Crippen LogP contribution is 2.17. The zero-order valence-electron chi connectivity index (χ0n) is 9.15. The van der Waals surface area contributed by atoms with Crippen LogP contribution in [0, 0.1) is 3.57 Å². The van der Waals surface area contributed by atoms with Crippen LogP contribution in [0.2, 0.25) is 0 Å². The molecule has 0 unspecified atom stereocenters. The number of anilines is 1. The van der Waals surface area contributed by atoms with Gasteiger partial charge >= 0.3 is 0 Å². The minimum Gasteiger partial charge on any atom is -0.379 e. The first-order valence-corrected chi connectivity index (χ1v) is 6.38. The van der Waals surface area contributed by atoms with E-state index in [4.69, 9.17) is 0 Å². The zero-order valence-corrected chi connectivity index (χ0v) is 11.3. The van der Waals surface area contributed by atoms with E-state index in [9.17, 15) is 0 Å². The predicted octanol–water partition coefficient (Wildman–Crippen LogP) is 3.12. The third kappa shape index (κ3) is 2.55. The summed E-state index contributed by atoms with van der Waals surface area (Å²) in [4.78, 5) is 0. The molecule has 2 aromatic rings. The molecule has 0 aliphatic heterocycles. The van der Waals surface area contributed by atoms with Gasteiger partial charge in [0.15, 0.2) is 0 Å². The van der Waals surface area contributed by atoms with Crippen LogP contribution in [0.3, 0.4) is 0 Å². The number of benzene rings is 1. The molecule has 0 amide bonds. The summed E-state index contributed by atoms with van der Waals surface area (Å²) in [6.45, 7) is 3.83. The Morgan fingerprint density at radius 3 is 2.88 bits per heavy atom. The Bertz CT molecular complexity index is 465. The van der Waals surface area contributed by atoms with E-state index in [1.165, 1.54) is 15.0 Å². The maximum absolute atomic E-state index is 4.24. The van der Waals surface area contributed by atoms with Crippen molar-refractivity contribution in [2.75, 3.05) is 5.32 Å². The predicted molar refractivity (Wildman–Crippen MR) is 74.4 cm³/mol. The Balaban J connectivity index is 2.05. The van der Waals surface area contributed by atoms with Crippen molar-refractivity contribution in [2.24, 2.45) is 0 Å². The summed E-state index contributed by atoms with van der Waals surface area (Å²) in [7, 11) is 0. The van der Waals surface area contributed by atoms with E-state index < -0.39 is 0 Å². The molecule has 0 spiro atoms. The number of aromatic nitrogens is 2. The fraction of sp³-hybridized carbons (Fsp3) is 0.250. The average molecular weight is 327 g/mol. The van der Waals surface area contributed by atoms with Gasteiger partial charge in [0.25, 0.3) is 0 Å². The molecule has 1 aromatic heterocycles. The monoisotopic (exact) mass is 327 g/mol. The molecule has 3 nitrogen and oxygen atoms in total. The van der Waals surface area contributed by atoms with Crippen molar-refractivity contribution in [3.8, 4) is 0 Å². The van der Waals surface area contributed by atoms with Gasteiger partial charge in [0.05, 0.1) is 12.2 Å². The third-order valence-corrected chi connectivity index (χ3v) is 3.38. The van der Waals surface area contributed by atoms with Gasteiger partial charge in [-0.1, -0.05) is 12.1 Å². The van der Waals surface area contributed by atoms with Gasteiger partial charge in [-0.3, -0.25) is 4.68 Å². The lowest BCUT2D eigenvalue weighted by Crippen LogP contribution is -2.08. The summed E-state index contributed by atoms with van der Waals surface area (Å²) in [5.41, 5.74) is 2.38. The van der Waals surface area contributed by atoms with E-state index >= 15 is 0 Å². The van der Waals surface area contributed by atoms with Gasteiger partial charge in [-0.15, -0.1) is 0 Å². The van der Waals surface area contributed by atoms with Gasteiger partial charge in [0.2, 0.25) is 0 Å². The maximum atomic E-state index is 4.24. The van der Waals surface area contributed by atoms with Crippen LogP contribution in [0.25, 0.3) is 0 Å². The van der Waals surface area contributed by atoms with Gasteiger partial charge in [-0.25, -0.2) is 0 Å². The molecular weight excluding hydrogens is 313 g/mol. The molecule has 0 saturated heterocycles. The molecule has 84 valence electrons. The Labute approximate surface area is 109 Å². The van der Waals surface area contributed by atoms with Crippen molar-refractivity contribution >= 4 is 28.3 Å². The maximum Gasteiger partial charge on any atom is 0.0575 e. The number of halogens is 1. The van der Waals surface area contributed by atoms with Crippen molar-refractivity contribution in [1.82, 2.24) is 9.78 Å². The molecule has 0 bridgehead atoms. The summed E-state index contributed by atoms with van der Waals surface area (Å²) in [6, 6.07) is 10.3. The highest BCUT2D eigenvalue weighted by Gasteiger charge is 2.01. The number of hydrogen-bond acceptors (Lipinski definition) is 2. The average Bonchev–Trinajstić information content (AvgIpc) is 2.75. The first-order valence-electron chi connectivity index (χ1n) is 5.30. The molecule has 1 N–H and O–H groups in total. The minimum atomic E-state index is 0.813. The number of aryl methyl sites for hydroxylation is 1. The number of nitrogens with zero attached hydrogens (tertiary/aromatic N) is 2. The van der Waals surface area contributed by atoms with Crippen LogP contribution < -0.4 is 5.32 Å². The van der Waals surface area contributed by atoms with E-state index in [1.54, 1.807) is 0 Å². The van der Waals surface area contributed by atoms with E-state index in [-0.39, 0.29) is 0 Å². The first-order chi connectivity index (χ1) is 7.81. The minimum absolute atomic E-state index is 0.813. The SMILES string of the molecule is CCn1nccc1CNc1ccccc1I. The molecule has 1 aromatic carbocycles. The Morgan fingerprint density at radius 2 is 2.12 bits per heavy atom. The molecule has 0 radical (unpaired) electrons. The van der Waals surface area contributed by atoms with Crippen molar-refractivity contribution in [2.45, 2.75) is 20.0 Å². The molecule has 0 atom stereocenters. The quantitative estimate of drug-likeness (QED) is 0.875. The van der Waals surface area contributed by atoms with Gasteiger partial charge in [0, 0.05) is 22.0 Å². The number of hydrogen-bond donors (Lipinski definition) is 1. The summed E-state index contributed by atoms with van der Waals surface area (Å²) in [5.74, 6) is 0. The van der Waals surface area contributed by atoms with Crippen LogP contribution in [0.5, 0.6) is 0 Å². The molecule has 16 heavy (non-hydrogen) atoms. The van der Waals surface area contributed by atoms with Gasteiger partial charge in [-0.05, 0) is 47.7 Å². The van der Waals surface area contributed by atoms with E-state index in [0.717, 1.165) is 13.1 Å². The van der Waals surface area contributed by atoms with E-state index in [2.05, 4.69) is 52.1 Å². The van der Waals surface area contributed by atoms with Gasteiger partial charge in [0.1, 0.15) is 0 Å². The summed E-state index contributed by atoms with van der Waals surface area (Å²) >= 11 is 2.33. The summed E-state index contributed by atoms with van der Waals surface area (Å²) < 4.78 is 3.24. The van der Waals surface area contributed by atoms with Gasteiger partial charge < -0.3 is 5.32 Å². The second-order valence-corrected chi connectivity index (χ2v) is 4.63. The molecule has 0 aliphatic rings. The fourth-order valence-corrected chi connectivity index (χ4v) is 2.16. The molecule has 0 fully saturated rings. The topological polar surface area (TPSA) is 29.9 Å². The fourth-order valence-electron chi connectivity index (χ4n) is 1.59. The smallest absolute Gasteiger partial charge is 0.0575 e. The molecule has 0 aliphatic carbocycles. The molecule has 1 heterocycles. The summed E-state index contributed by atoms with van der Waals surface area (Å²) in [5, 5.41) is 7.67. The zero-order chi connectivity index (χ0) is 11.4. The standard InChI is InChI=1S/C12H14IN3/c1-2-16-10(7-8-15-16)9-14-12-6-4-3-5-11(12)13/h3-8,14H,2,9H2,1H3. The van der Waals surface area contributed by atoms with Crippen molar-refractivity contribution in [3.63, 3.8) is 0 Å². The molecule has 4 heteroatoms. The third-order valence-electron chi connectivity index (χ3n) is 2.44. The van der Waals surface area contributed by atoms with E-state index in [1.807, 2.05) is 29.1 Å². The van der Waals surface area contributed by atoms with Crippen LogP contribution in [0.1, 0.15) is 12.6 Å². The highest BCUT2D eigenvalue weighted by atomic mass is 127. The largest absolute Gasteiger partial charge is 0.379 e. The number of nitrogens with one attached hydrogen (secondary N) is 1. The van der Waals surface area contributed by atoms with Crippen molar-refractivity contribution in [3.05, 3.63) is 45.8 Å². The number of para-hydroxylation sites is 1. The number of rotatable bonds is 4. The Hall–Kier alpha value is -1.04. The molecular formula is C12H14IN3. The van der Waals surface area contributed by atoms with Crippen LogP contribution in [0.15, 0.2) is 36.5 Å². The van der Waals surface area contributed by atoms with Crippen molar-refractivity contribution in [1.29, 1.82) is 0 Å². The van der Waals surface area contributed by atoms with Gasteiger partial charge in [-0.2, -0.15) is 5.10 Å². The van der Waals surface area contributed by atoms with Crippen LogP contribution >= 0.6 is 22.6 Å². The first kappa shape index (κ1) is 11.4. The highest BCUT2D eigenvalue weighted by molar-refractivity contribution is 14.1. The van der Waals surface area contributed by atoms with Crippen LogP contribution in [-0.4, -0.2) is 9.78 Å². The second-order valence-electron chi connectivity index (χ2n) is 3.47. The second kappa shape index (κ2) is 5.34. The lowest BCUT2D eigenvalue weighted by Gasteiger charge is -2.09. The Morgan fingerprint density at radius 1 is 1.31 bits per heavy atom. The van der Waals surface area contributed by atoms with E-state index in [0.29, 0.717) is 0 Å².